The summed E-state index contributed by atoms with van der Waals surface area (Å²) in [5.41, 5.74) is 7.98. The number of benzene rings is 1. The molecule has 2 amide bonds. The van der Waals surface area contributed by atoms with E-state index in [9.17, 15) is 14.4 Å². The van der Waals surface area contributed by atoms with E-state index in [1.165, 1.54) is 4.57 Å². The molecular weight excluding hydrogens is 362 g/mol. The molecule has 2 aromatic heterocycles. The van der Waals surface area contributed by atoms with Gasteiger partial charge in [-0.25, -0.2) is 0 Å². The number of ether oxygens (including phenoxy) is 1. The van der Waals surface area contributed by atoms with Gasteiger partial charge in [0, 0.05) is 24.4 Å². The first-order valence-corrected chi connectivity index (χ1v) is 8.48. The zero-order valence-corrected chi connectivity index (χ0v) is 15.2. The van der Waals surface area contributed by atoms with E-state index in [4.69, 9.17) is 10.5 Å². The molecule has 1 aliphatic heterocycles. The largest absolute Gasteiger partial charge is 0.489 e. The number of aryl methyl sites for hydroxylation is 1. The van der Waals surface area contributed by atoms with Gasteiger partial charge in [-0.15, -0.1) is 0 Å². The van der Waals surface area contributed by atoms with E-state index >= 15 is 0 Å². The highest BCUT2D eigenvalue weighted by Gasteiger charge is 2.31. The number of nitrogens with two attached hydrogens (primary N) is 1. The van der Waals surface area contributed by atoms with Crippen LogP contribution in [0.25, 0.3) is 5.69 Å². The van der Waals surface area contributed by atoms with Crippen LogP contribution in [-0.4, -0.2) is 26.2 Å². The lowest BCUT2D eigenvalue weighted by atomic mass is 10.1. The van der Waals surface area contributed by atoms with Crippen molar-refractivity contribution in [2.75, 3.05) is 5.73 Å². The Morgan fingerprint density at radius 3 is 2.50 bits per heavy atom. The van der Waals surface area contributed by atoms with E-state index in [2.05, 4.69) is 10.4 Å². The lowest BCUT2D eigenvalue weighted by molar-refractivity contribution is 0.0880. The molecule has 0 unspecified atom stereocenters. The first kappa shape index (κ1) is 17.5. The van der Waals surface area contributed by atoms with Gasteiger partial charge in [-0.05, 0) is 31.2 Å². The molecule has 0 spiro atoms. The maximum atomic E-state index is 12.4. The number of rotatable bonds is 4. The third-order valence-electron chi connectivity index (χ3n) is 4.78. The van der Waals surface area contributed by atoms with Gasteiger partial charge in [-0.1, -0.05) is 0 Å². The van der Waals surface area contributed by atoms with Gasteiger partial charge in [0.2, 0.25) is 0 Å². The van der Waals surface area contributed by atoms with Crippen LogP contribution in [0.15, 0.2) is 41.3 Å². The number of pyridine rings is 1. The smallest absolute Gasteiger partial charge is 0.262 e. The van der Waals surface area contributed by atoms with Crippen molar-refractivity contribution in [3.05, 3.63) is 69.3 Å². The Balaban J connectivity index is 1.62. The summed E-state index contributed by atoms with van der Waals surface area (Å²) in [7, 11) is 1.86. The number of imide groups is 1. The Bertz CT molecular complexity index is 1170. The van der Waals surface area contributed by atoms with Gasteiger partial charge in [0.1, 0.15) is 18.2 Å². The second-order valence-corrected chi connectivity index (χ2v) is 6.44. The van der Waals surface area contributed by atoms with Crippen LogP contribution in [0.4, 0.5) is 5.82 Å². The second kappa shape index (κ2) is 6.38. The molecule has 1 aromatic carbocycles. The number of fused-ring (bicyclic) bond motifs is 1. The van der Waals surface area contributed by atoms with Crippen molar-refractivity contribution in [3.63, 3.8) is 0 Å². The quantitative estimate of drug-likeness (QED) is 0.650. The Kier molecular flexibility index (Phi) is 3.99. The number of carbonyl (C=O) groups is 2. The van der Waals surface area contributed by atoms with Crippen LogP contribution >= 0.6 is 0 Å². The number of aromatic nitrogens is 3. The van der Waals surface area contributed by atoms with Crippen LogP contribution in [0.3, 0.4) is 0 Å². The van der Waals surface area contributed by atoms with Crippen molar-refractivity contribution in [1.82, 2.24) is 19.7 Å². The van der Waals surface area contributed by atoms with Gasteiger partial charge in [-0.3, -0.25) is 28.9 Å². The molecule has 28 heavy (non-hydrogen) atoms. The number of hydrogen-bond acceptors (Lipinski definition) is 6. The van der Waals surface area contributed by atoms with E-state index in [1.54, 1.807) is 35.1 Å². The number of anilines is 1. The average molecular weight is 379 g/mol. The molecule has 3 heterocycles. The highest BCUT2D eigenvalue weighted by Crippen LogP contribution is 2.24. The minimum Gasteiger partial charge on any atom is -0.489 e. The Labute approximate surface area is 159 Å². The standard InChI is InChI=1S/C19H17N5O4/c1-10-11(8-21-23(10)2)9-28-13-5-3-12(4-6-13)24-15(25)7-14-16(17(24)20)19(27)22-18(14)26/h3-8H,9,20H2,1-2H3,(H,22,26,27). The van der Waals surface area contributed by atoms with Crippen molar-refractivity contribution in [2.45, 2.75) is 13.5 Å². The molecule has 0 bridgehead atoms. The molecule has 0 aliphatic carbocycles. The number of carbonyl (C=O) groups excluding carboxylic acids is 2. The molecular formula is C19H17N5O4. The van der Waals surface area contributed by atoms with Gasteiger partial charge in [-0.2, -0.15) is 5.10 Å². The summed E-state index contributed by atoms with van der Waals surface area (Å²) in [5.74, 6) is -0.707. The fourth-order valence-electron chi connectivity index (χ4n) is 3.08. The SMILES string of the molecule is Cc1c(COc2ccc(-n3c(N)c4c(cc3=O)C(=O)NC4=O)cc2)cnn1C. The maximum absolute atomic E-state index is 12.4. The van der Waals surface area contributed by atoms with Crippen LogP contribution in [-0.2, 0) is 13.7 Å². The fourth-order valence-corrected chi connectivity index (χ4v) is 3.08. The summed E-state index contributed by atoms with van der Waals surface area (Å²) < 4.78 is 8.72. The normalized spacial score (nSPS) is 12.8. The summed E-state index contributed by atoms with van der Waals surface area (Å²) >= 11 is 0. The molecule has 142 valence electrons. The van der Waals surface area contributed by atoms with Crippen molar-refractivity contribution < 1.29 is 14.3 Å². The summed E-state index contributed by atoms with van der Waals surface area (Å²) in [4.78, 5) is 36.1. The number of nitrogens with one attached hydrogen (secondary N) is 1. The molecule has 3 N–H and O–H groups in total. The Hall–Kier alpha value is -3.88. The van der Waals surface area contributed by atoms with E-state index in [0.29, 0.717) is 18.0 Å². The van der Waals surface area contributed by atoms with Crippen molar-refractivity contribution in [2.24, 2.45) is 7.05 Å². The van der Waals surface area contributed by atoms with Crippen molar-refractivity contribution >= 4 is 17.6 Å². The molecule has 3 aromatic rings. The van der Waals surface area contributed by atoms with Crippen molar-refractivity contribution in [1.29, 1.82) is 0 Å². The molecule has 0 saturated carbocycles. The number of hydrogen-bond donors (Lipinski definition) is 2. The predicted molar refractivity (Wildman–Crippen MR) is 101 cm³/mol. The first-order chi connectivity index (χ1) is 13.4. The molecule has 4 rings (SSSR count). The zero-order valence-electron chi connectivity index (χ0n) is 15.2. The fraction of sp³-hybridized carbons (Fsp3) is 0.158. The molecule has 0 fully saturated rings. The summed E-state index contributed by atoms with van der Waals surface area (Å²) in [5, 5.41) is 6.31. The third-order valence-corrected chi connectivity index (χ3v) is 4.78. The Morgan fingerprint density at radius 1 is 1.14 bits per heavy atom. The predicted octanol–water partition coefficient (Wildman–Crippen LogP) is 0.924. The van der Waals surface area contributed by atoms with E-state index in [0.717, 1.165) is 17.3 Å². The van der Waals surface area contributed by atoms with Crippen LogP contribution in [0, 0.1) is 6.92 Å². The maximum Gasteiger partial charge on any atom is 0.262 e. The van der Waals surface area contributed by atoms with Gasteiger partial charge in [0.15, 0.2) is 0 Å². The van der Waals surface area contributed by atoms with Crippen LogP contribution in [0.2, 0.25) is 0 Å². The second-order valence-electron chi connectivity index (χ2n) is 6.44. The number of amides is 2. The monoisotopic (exact) mass is 379 g/mol. The zero-order chi connectivity index (χ0) is 20.0. The molecule has 9 heteroatoms. The summed E-state index contributed by atoms with van der Waals surface area (Å²) in [6.07, 6.45) is 1.75. The molecule has 0 atom stereocenters. The number of nitrogens with zero attached hydrogens (tertiary/aromatic N) is 3. The topological polar surface area (TPSA) is 121 Å². The minimum atomic E-state index is -0.620. The first-order valence-electron chi connectivity index (χ1n) is 8.48. The molecule has 1 aliphatic rings. The summed E-state index contributed by atoms with van der Waals surface area (Å²) in [6.45, 7) is 2.32. The van der Waals surface area contributed by atoms with E-state index < -0.39 is 17.4 Å². The molecule has 9 nitrogen and oxygen atoms in total. The van der Waals surface area contributed by atoms with Crippen molar-refractivity contribution in [3.8, 4) is 11.4 Å². The lowest BCUT2D eigenvalue weighted by Gasteiger charge is -2.12. The Morgan fingerprint density at radius 2 is 1.86 bits per heavy atom. The summed E-state index contributed by atoms with van der Waals surface area (Å²) in [6, 6.07) is 7.83. The van der Waals surface area contributed by atoms with Gasteiger partial charge in [0.05, 0.1) is 23.0 Å². The van der Waals surface area contributed by atoms with Crippen LogP contribution in [0.5, 0.6) is 5.75 Å². The minimum absolute atomic E-state index is 0.00413. The van der Waals surface area contributed by atoms with E-state index in [-0.39, 0.29) is 16.9 Å². The van der Waals surface area contributed by atoms with Gasteiger partial charge >= 0.3 is 0 Å². The highest BCUT2D eigenvalue weighted by molar-refractivity contribution is 6.23. The average Bonchev–Trinajstić information content (AvgIpc) is 3.13. The molecule has 0 saturated heterocycles. The van der Waals surface area contributed by atoms with Crippen LogP contribution in [0.1, 0.15) is 32.0 Å². The molecule has 0 radical (unpaired) electrons. The third kappa shape index (κ3) is 2.73. The van der Waals surface area contributed by atoms with Gasteiger partial charge in [0.25, 0.3) is 17.4 Å². The number of nitrogen functional groups attached to an aromatic ring is 1. The van der Waals surface area contributed by atoms with Gasteiger partial charge < -0.3 is 10.5 Å². The van der Waals surface area contributed by atoms with E-state index in [1.807, 2.05) is 14.0 Å². The van der Waals surface area contributed by atoms with Crippen LogP contribution < -0.4 is 21.3 Å². The lowest BCUT2D eigenvalue weighted by Crippen LogP contribution is -2.24. The highest BCUT2D eigenvalue weighted by atomic mass is 16.5.